The number of piperidine rings is 1. The van der Waals surface area contributed by atoms with Crippen LogP contribution in [0, 0.1) is 12.8 Å². The van der Waals surface area contributed by atoms with E-state index >= 15 is 0 Å². The van der Waals surface area contributed by atoms with Gasteiger partial charge in [0.2, 0.25) is 0 Å². The molecule has 1 saturated heterocycles. The number of hydrogen-bond donors (Lipinski definition) is 2. The number of carbonyl (C=O) groups excluding carboxylic acids is 1. The second kappa shape index (κ2) is 6.57. The number of hydrogen-bond acceptors (Lipinski definition) is 4. The molecule has 2 amide bonds. The van der Waals surface area contributed by atoms with Crippen molar-refractivity contribution >= 4 is 27.5 Å². The number of aryl methyl sites for hydroxylation is 1. The zero-order valence-electron chi connectivity index (χ0n) is 13.1. The van der Waals surface area contributed by atoms with Crippen LogP contribution >= 0.6 is 0 Å². The number of amides is 2. The molecular weight excluding hydrogens is 320 g/mol. The summed E-state index contributed by atoms with van der Waals surface area (Å²) in [6.07, 6.45) is 2.23. The van der Waals surface area contributed by atoms with Gasteiger partial charge in [0.15, 0.2) is 9.84 Å². The summed E-state index contributed by atoms with van der Waals surface area (Å²) >= 11 is 0. The van der Waals surface area contributed by atoms with Gasteiger partial charge in [0.1, 0.15) is 0 Å². The lowest BCUT2D eigenvalue weighted by molar-refractivity contribution is -0.143. The van der Waals surface area contributed by atoms with Gasteiger partial charge in [0, 0.05) is 19.3 Å². The molecule has 0 bridgehead atoms. The third-order valence-corrected chi connectivity index (χ3v) is 4.97. The van der Waals surface area contributed by atoms with E-state index in [1.807, 2.05) is 0 Å². The maximum Gasteiger partial charge on any atom is 0.321 e. The number of carboxylic acids is 1. The first-order valence-corrected chi connectivity index (χ1v) is 9.17. The van der Waals surface area contributed by atoms with E-state index in [2.05, 4.69) is 5.32 Å². The molecule has 1 aromatic rings. The normalized spacial score (nSPS) is 18.5. The van der Waals surface area contributed by atoms with E-state index in [0.29, 0.717) is 19.4 Å². The second-order valence-corrected chi connectivity index (χ2v) is 7.81. The van der Waals surface area contributed by atoms with Crippen molar-refractivity contribution in [3.05, 3.63) is 23.8 Å². The van der Waals surface area contributed by atoms with Crippen molar-refractivity contribution in [3.63, 3.8) is 0 Å². The number of sulfone groups is 1. The van der Waals surface area contributed by atoms with E-state index in [0.717, 1.165) is 11.8 Å². The van der Waals surface area contributed by atoms with Crippen LogP contribution in [0.25, 0.3) is 0 Å². The van der Waals surface area contributed by atoms with E-state index in [1.165, 1.54) is 11.0 Å². The first kappa shape index (κ1) is 17.3. The quantitative estimate of drug-likeness (QED) is 0.872. The van der Waals surface area contributed by atoms with Crippen molar-refractivity contribution in [2.75, 3.05) is 24.7 Å². The standard InChI is InChI=1S/C15H20N2O5S/c1-10-5-6-12(13(8-10)23(2,21)22)16-15(20)17-7-3-4-11(9-17)14(18)19/h5-6,8,11H,3-4,7,9H2,1-2H3,(H,16,20)(H,18,19). The highest BCUT2D eigenvalue weighted by molar-refractivity contribution is 7.90. The van der Waals surface area contributed by atoms with Crippen molar-refractivity contribution in [1.82, 2.24) is 4.90 Å². The minimum absolute atomic E-state index is 0.0534. The van der Waals surface area contributed by atoms with E-state index in [1.54, 1.807) is 19.1 Å². The van der Waals surface area contributed by atoms with Gasteiger partial charge in [-0.15, -0.1) is 0 Å². The maximum atomic E-state index is 12.3. The van der Waals surface area contributed by atoms with Crippen LogP contribution in [0.3, 0.4) is 0 Å². The van der Waals surface area contributed by atoms with Crippen molar-refractivity contribution in [2.45, 2.75) is 24.7 Å². The molecule has 23 heavy (non-hydrogen) atoms. The number of aliphatic carboxylic acids is 1. The monoisotopic (exact) mass is 340 g/mol. The van der Waals surface area contributed by atoms with Crippen LogP contribution in [0.4, 0.5) is 10.5 Å². The number of likely N-dealkylation sites (tertiary alicyclic amines) is 1. The SMILES string of the molecule is Cc1ccc(NC(=O)N2CCCC(C(=O)O)C2)c(S(C)(=O)=O)c1. The van der Waals surface area contributed by atoms with E-state index in [4.69, 9.17) is 5.11 Å². The molecule has 1 aliphatic heterocycles. The van der Waals surface area contributed by atoms with Gasteiger partial charge in [0.05, 0.1) is 16.5 Å². The Kier molecular flexibility index (Phi) is 4.93. The average Bonchev–Trinajstić information content (AvgIpc) is 2.48. The highest BCUT2D eigenvalue weighted by Crippen LogP contribution is 2.24. The van der Waals surface area contributed by atoms with Crippen molar-refractivity contribution in [1.29, 1.82) is 0 Å². The summed E-state index contributed by atoms with van der Waals surface area (Å²) < 4.78 is 23.7. The Morgan fingerprint density at radius 1 is 1.35 bits per heavy atom. The summed E-state index contributed by atoms with van der Waals surface area (Å²) in [4.78, 5) is 24.9. The van der Waals surface area contributed by atoms with Crippen molar-refractivity contribution in [2.24, 2.45) is 5.92 Å². The molecule has 1 heterocycles. The zero-order valence-corrected chi connectivity index (χ0v) is 13.9. The van der Waals surface area contributed by atoms with Crippen molar-refractivity contribution in [3.8, 4) is 0 Å². The van der Waals surface area contributed by atoms with Crippen LogP contribution in [0.5, 0.6) is 0 Å². The molecule has 0 aliphatic carbocycles. The Morgan fingerprint density at radius 2 is 2.04 bits per heavy atom. The zero-order chi connectivity index (χ0) is 17.2. The summed E-state index contributed by atoms with van der Waals surface area (Å²) in [7, 11) is -3.48. The lowest BCUT2D eigenvalue weighted by atomic mass is 9.99. The molecule has 7 nitrogen and oxygen atoms in total. The number of nitrogens with zero attached hydrogens (tertiary/aromatic N) is 1. The molecule has 1 aromatic carbocycles. The smallest absolute Gasteiger partial charge is 0.321 e. The fourth-order valence-corrected chi connectivity index (χ4v) is 3.52. The molecule has 1 aliphatic rings. The summed E-state index contributed by atoms with van der Waals surface area (Å²) in [6.45, 7) is 2.35. The number of anilines is 1. The fourth-order valence-electron chi connectivity index (χ4n) is 2.60. The van der Waals surface area contributed by atoms with Gasteiger partial charge < -0.3 is 15.3 Å². The molecule has 1 unspecified atom stereocenters. The molecule has 1 fully saturated rings. The van der Waals surface area contributed by atoms with Gasteiger partial charge in [-0.2, -0.15) is 0 Å². The molecule has 1 atom stereocenters. The molecule has 0 radical (unpaired) electrons. The molecule has 0 aromatic heterocycles. The van der Waals surface area contributed by atoms with Crippen LogP contribution in [-0.4, -0.2) is 49.8 Å². The first-order valence-electron chi connectivity index (χ1n) is 7.28. The fraction of sp³-hybridized carbons (Fsp3) is 0.467. The van der Waals surface area contributed by atoms with Gasteiger partial charge >= 0.3 is 12.0 Å². The minimum atomic E-state index is -3.48. The lowest BCUT2D eigenvalue weighted by Gasteiger charge is -2.30. The third kappa shape index (κ3) is 4.22. The highest BCUT2D eigenvalue weighted by atomic mass is 32.2. The van der Waals surface area contributed by atoms with Gasteiger partial charge in [-0.25, -0.2) is 13.2 Å². The number of benzene rings is 1. The number of urea groups is 1. The second-order valence-electron chi connectivity index (χ2n) is 5.83. The van der Waals surface area contributed by atoms with Gasteiger partial charge in [-0.05, 0) is 37.5 Å². The summed E-state index contributed by atoms with van der Waals surface area (Å²) in [5.41, 5.74) is 0.980. The number of carboxylic acid groups (broad SMARTS) is 1. The van der Waals surface area contributed by atoms with Gasteiger partial charge in [-0.3, -0.25) is 4.79 Å². The summed E-state index contributed by atoms with van der Waals surface area (Å²) in [5.74, 6) is -1.50. The summed E-state index contributed by atoms with van der Waals surface area (Å²) in [5, 5.41) is 11.7. The van der Waals surface area contributed by atoms with Crippen LogP contribution in [0.15, 0.2) is 23.1 Å². The van der Waals surface area contributed by atoms with Gasteiger partial charge in [-0.1, -0.05) is 6.07 Å². The number of carbonyl (C=O) groups is 2. The molecule has 0 saturated carbocycles. The molecular formula is C15H20N2O5S. The maximum absolute atomic E-state index is 12.3. The molecule has 2 N–H and O–H groups in total. The average molecular weight is 340 g/mol. The Balaban J connectivity index is 2.19. The Labute approximate surface area is 135 Å². The molecule has 126 valence electrons. The Bertz CT molecular complexity index is 729. The van der Waals surface area contributed by atoms with Gasteiger partial charge in [0.25, 0.3) is 0 Å². The highest BCUT2D eigenvalue weighted by Gasteiger charge is 2.28. The molecule has 8 heteroatoms. The number of rotatable bonds is 3. The Morgan fingerprint density at radius 3 is 2.65 bits per heavy atom. The molecule has 2 rings (SSSR count). The van der Waals surface area contributed by atoms with E-state index in [-0.39, 0.29) is 17.1 Å². The molecule has 0 spiro atoms. The van der Waals surface area contributed by atoms with Crippen LogP contribution in [0.2, 0.25) is 0 Å². The topological polar surface area (TPSA) is 104 Å². The predicted octanol–water partition coefficient (Wildman–Crippen LogP) is 1.73. The van der Waals surface area contributed by atoms with Crippen LogP contribution in [-0.2, 0) is 14.6 Å². The van der Waals surface area contributed by atoms with Crippen molar-refractivity contribution < 1.29 is 23.1 Å². The largest absolute Gasteiger partial charge is 0.481 e. The number of nitrogens with one attached hydrogen (secondary N) is 1. The predicted molar refractivity (Wildman–Crippen MR) is 85.2 cm³/mol. The third-order valence-electron chi connectivity index (χ3n) is 3.84. The summed E-state index contributed by atoms with van der Waals surface area (Å²) in [6, 6.07) is 4.27. The Hall–Kier alpha value is -2.09. The minimum Gasteiger partial charge on any atom is -0.481 e. The lowest BCUT2D eigenvalue weighted by Crippen LogP contribution is -2.44. The first-order chi connectivity index (χ1) is 10.7. The van der Waals surface area contributed by atoms with E-state index < -0.39 is 27.8 Å². The van der Waals surface area contributed by atoms with E-state index in [9.17, 15) is 18.0 Å². The van der Waals surface area contributed by atoms with Crippen LogP contribution in [0.1, 0.15) is 18.4 Å². The van der Waals surface area contributed by atoms with Crippen LogP contribution < -0.4 is 5.32 Å².